The SMILES string of the molecule is COc1cc(Nc2c(C)cc(C)cc2C)n(CC=N)c(=O)n1. The third kappa shape index (κ3) is 3.16. The highest BCUT2D eigenvalue weighted by molar-refractivity contribution is 5.66. The van der Waals surface area contributed by atoms with Crippen molar-refractivity contribution in [3.05, 3.63) is 45.4 Å². The third-order valence-electron chi connectivity index (χ3n) is 3.40. The normalized spacial score (nSPS) is 10.4. The van der Waals surface area contributed by atoms with Crippen molar-refractivity contribution in [2.24, 2.45) is 0 Å². The van der Waals surface area contributed by atoms with Crippen LogP contribution in [0.15, 0.2) is 23.0 Å². The van der Waals surface area contributed by atoms with E-state index in [-0.39, 0.29) is 12.4 Å². The molecule has 6 heteroatoms. The van der Waals surface area contributed by atoms with E-state index in [2.05, 4.69) is 22.4 Å². The molecule has 2 N–H and O–H groups in total. The minimum atomic E-state index is -0.451. The van der Waals surface area contributed by atoms with Gasteiger partial charge in [0.05, 0.1) is 13.7 Å². The summed E-state index contributed by atoms with van der Waals surface area (Å²) in [4.78, 5) is 15.9. The fraction of sp³-hybridized carbons (Fsp3) is 0.312. The molecule has 0 bridgehead atoms. The maximum absolute atomic E-state index is 12.1. The van der Waals surface area contributed by atoms with Crippen LogP contribution in [0.1, 0.15) is 16.7 Å². The van der Waals surface area contributed by atoms with Crippen LogP contribution in [0.25, 0.3) is 0 Å². The van der Waals surface area contributed by atoms with E-state index in [1.165, 1.54) is 17.2 Å². The number of rotatable bonds is 5. The van der Waals surface area contributed by atoms with Crippen LogP contribution in [-0.2, 0) is 6.54 Å². The number of methoxy groups -OCH3 is 1. The zero-order valence-electron chi connectivity index (χ0n) is 13.2. The van der Waals surface area contributed by atoms with Gasteiger partial charge in [-0.25, -0.2) is 4.79 Å². The van der Waals surface area contributed by atoms with Gasteiger partial charge in [0.15, 0.2) is 0 Å². The molecule has 22 heavy (non-hydrogen) atoms. The summed E-state index contributed by atoms with van der Waals surface area (Å²) in [6.07, 6.45) is 1.16. The van der Waals surface area contributed by atoms with Gasteiger partial charge in [-0.2, -0.15) is 4.98 Å². The number of ether oxygens (including phenoxy) is 1. The lowest BCUT2D eigenvalue weighted by Crippen LogP contribution is -2.26. The van der Waals surface area contributed by atoms with Crippen LogP contribution in [-0.4, -0.2) is 22.9 Å². The number of hydrogen-bond acceptors (Lipinski definition) is 5. The Balaban J connectivity index is 2.55. The standard InChI is InChI=1S/C16H20N4O2/c1-10-7-11(2)15(12(3)8-10)18-13-9-14(22-4)19-16(21)20(13)6-5-17/h5,7-9,17-18H,6H2,1-4H3. The van der Waals surface area contributed by atoms with Gasteiger partial charge in [0.2, 0.25) is 5.88 Å². The average molecular weight is 300 g/mol. The van der Waals surface area contributed by atoms with Crippen LogP contribution in [0.3, 0.4) is 0 Å². The van der Waals surface area contributed by atoms with Crippen molar-refractivity contribution in [2.45, 2.75) is 27.3 Å². The largest absolute Gasteiger partial charge is 0.481 e. The highest BCUT2D eigenvalue weighted by Crippen LogP contribution is 2.26. The van der Waals surface area contributed by atoms with Crippen LogP contribution >= 0.6 is 0 Å². The van der Waals surface area contributed by atoms with Crippen LogP contribution in [0.2, 0.25) is 0 Å². The maximum Gasteiger partial charge on any atom is 0.352 e. The second kappa shape index (κ2) is 6.43. The molecule has 0 atom stereocenters. The molecule has 0 amide bonds. The number of aromatic nitrogens is 2. The van der Waals surface area contributed by atoms with Gasteiger partial charge in [-0.1, -0.05) is 17.7 Å². The molecule has 2 aromatic rings. The Morgan fingerprint density at radius 2 is 1.91 bits per heavy atom. The molecule has 1 heterocycles. The fourth-order valence-electron chi connectivity index (χ4n) is 2.47. The molecule has 0 saturated carbocycles. The Bertz CT molecular complexity index is 742. The quantitative estimate of drug-likeness (QED) is 0.832. The molecule has 116 valence electrons. The van der Waals surface area contributed by atoms with Gasteiger partial charge in [0.1, 0.15) is 5.82 Å². The summed E-state index contributed by atoms with van der Waals surface area (Å²) in [5, 5.41) is 10.5. The number of benzene rings is 1. The molecular formula is C16H20N4O2. The molecule has 0 fully saturated rings. The molecule has 0 aliphatic carbocycles. The monoisotopic (exact) mass is 300 g/mol. The summed E-state index contributed by atoms with van der Waals surface area (Å²) in [6, 6.07) is 5.81. The van der Waals surface area contributed by atoms with Gasteiger partial charge >= 0.3 is 5.69 Å². The number of aryl methyl sites for hydroxylation is 3. The van der Waals surface area contributed by atoms with Gasteiger partial charge in [0, 0.05) is 18.0 Å². The van der Waals surface area contributed by atoms with Crippen molar-refractivity contribution < 1.29 is 4.74 Å². The van der Waals surface area contributed by atoms with Crippen molar-refractivity contribution in [2.75, 3.05) is 12.4 Å². The molecule has 0 unspecified atom stereocenters. The average Bonchev–Trinajstić information content (AvgIpc) is 2.45. The van der Waals surface area contributed by atoms with Gasteiger partial charge in [0.25, 0.3) is 0 Å². The lowest BCUT2D eigenvalue weighted by atomic mass is 10.1. The summed E-state index contributed by atoms with van der Waals surface area (Å²) >= 11 is 0. The smallest absolute Gasteiger partial charge is 0.352 e. The van der Waals surface area contributed by atoms with E-state index in [1.807, 2.05) is 20.8 Å². The van der Waals surface area contributed by atoms with Gasteiger partial charge < -0.3 is 15.5 Å². The van der Waals surface area contributed by atoms with E-state index in [1.54, 1.807) is 6.07 Å². The molecule has 1 aromatic heterocycles. The number of hydrogen-bond donors (Lipinski definition) is 2. The van der Waals surface area contributed by atoms with E-state index in [0.29, 0.717) is 5.82 Å². The highest BCUT2D eigenvalue weighted by Gasteiger charge is 2.11. The summed E-state index contributed by atoms with van der Waals surface area (Å²) in [5.74, 6) is 0.798. The predicted molar refractivity (Wildman–Crippen MR) is 87.8 cm³/mol. The first kappa shape index (κ1) is 15.8. The molecule has 0 aliphatic rings. The summed E-state index contributed by atoms with van der Waals surface area (Å²) in [5.41, 5.74) is 3.85. The van der Waals surface area contributed by atoms with E-state index in [9.17, 15) is 4.79 Å². The molecule has 2 rings (SSSR count). The van der Waals surface area contributed by atoms with E-state index in [4.69, 9.17) is 10.1 Å². The number of nitrogens with one attached hydrogen (secondary N) is 2. The summed E-state index contributed by atoms with van der Waals surface area (Å²) in [6.45, 7) is 6.23. The second-order valence-corrected chi connectivity index (χ2v) is 5.18. The Hall–Kier alpha value is -2.63. The molecule has 0 radical (unpaired) electrons. The molecular weight excluding hydrogens is 280 g/mol. The van der Waals surface area contributed by atoms with E-state index < -0.39 is 5.69 Å². The van der Waals surface area contributed by atoms with Crippen LogP contribution < -0.4 is 15.7 Å². The van der Waals surface area contributed by atoms with Crippen molar-refractivity contribution in [1.82, 2.24) is 9.55 Å². The van der Waals surface area contributed by atoms with E-state index >= 15 is 0 Å². The minimum absolute atomic E-state index is 0.155. The summed E-state index contributed by atoms with van der Waals surface area (Å²) in [7, 11) is 1.47. The molecule has 6 nitrogen and oxygen atoms in total. The van der Waals surface area contributed by atoms with Gasteiger partial charge in [-0.05, 0) is 31.9 Å². The van der Waals surface area contributed by atoms with Crippen LogP contribution in [0.4, 0.5) is 11.5 Å². The van der Waals surface area contributed by atoms with E-state index in [0.717, 1.165) is 23.0 Å². The zero-order chi connectivity index (χ0) is 16.3. The molecule has 1 aromatic carbocycles. The minimum Gasteiger partial charge on any atom is -0.481 e. The maximum atomic E-state index is 12.1. The first-order valence-corrected chi connectivity index (χ1v) is 6.96. The van der Waals surface area contributed by atoms with Crippen molar-refractivity contribution >= 4 is 17.7 Å². The van der Waals surface area contributed by atoms with Gasteiger partial charge in [-0.3, -0.25) is 4.57 Å². The summed E-state index contributed by atoms with van der Waals surface area (Å²) < 4.78 is 6.46. The molecule has 0 aliphatic heterocycles. The zero-order valence-corrected chi connectivity index (χ0v) is 13.2. The Morgan fingerprint density at radius 3 is 2.45 bits per heavy atom. The second-order valence-electron chi connectivity index (χ2n) is 5.18. The fourth-order valence-corrected chi connectivity index (χ4v) is 2.47. The highest BCUT2D eigenvalue weighted by atomic mass is 16.5. The van der Waals surface area contributed by atoms with Crippen LogP contribution in [0.5, 0.6) is 5.88 Å². The first-order chi connectivity index (χ1) is 10.5. The van der Waals surface area contributed by atoms with Gasteiger partial charge in [-0.15, -0.1) is 0 Å². The van der Waals surface area contributed by atoms with Crippen molar-refractivity contribution in [3.63, 3.8) is 0 Å². The van der Waals surface area contributed by atoms with Crippen LogP contribution in [0, 0.1) is 26.2 Å². The topological polar surface area (TPSA) is 80.0 Å². The molecule has 0 spiro atoms. The van der Waals surface area contributed by atoms with Crippen molar-refractivity contribution in [1.29, 1.82) is 5.41 Å². The third-order valence-corrected chi connectivity index (χ3v) is 3.40. The predicted octanol–water partition coefficient (Wildman–Crippen LogP) is 2.57. The Labute approximate surface area is 129 Å². The molecule has 0 saturated heterocycles. The lowest BCUT2D eigenvalue weighted by Gasteiger charge is -2.17. The Morgan fingerprint density at radius 1 is 1.27 bits per heavy atom. The number of anilines is 2. The first-order valence-electron chi connectivity index (χ1n) is 6.96. The lowest BCUT2D eigenvalue weighted by molar-refractivity contribution is 0.393. The Kier molecular flexibility index (Phi) is 4.60. The number of nitrogens with zero attached hydrogens (tertiary/aromatic N) is 2. The van der Waals surface area contributed by atoms with Crippen molar-refractivity contribution in [3.8, 4) is 5.88 Å².